The van der Waals surface area contributed by atoms with Crippen molar-refractivity contribution in [2.45, 2.75) is 4.90 Å². The molecule has 0 fully saturated rings. The number of halogens is 1. The lowest BCUT2D eigenvalue weighted by atomic mass is 9.94. The van der Waals surface area contributed by atoms with E-state index in [1.54, 1.807) is 24.3 Å². The van der Waals surface area contributed by atoms with Gasteiger partial charge in [-0.3, -0.25) is 14.9 Å². The van der Waals surface area contributed by atoms with Crippen molar-refractivity contribution in [3.05, 3.63) is 74.3 Å². The number of hydrogen-bond donors (Lipinski definition) is 0. The lowest BCUT2D eigenvalue weighted by Crippen LogP contribution is -2.16. The summed E-state index contributed by atoms with van der Waals surface area (Å²) in [7, 11) is -3.03. The minimum absolute atomic E-state index is 0.0514. The van der Waals surface area contributed by atoms with Crippen molar-refractivity contribution in [2.75, 3.05) is 7.11 Å². The topological polar surface area (TPSA) is 116 Å². The van der Waals surface area contributed by atoms with E-state index in [0.717, 1.165) is 6.07 Å². The molecular formula is C17H11BrN2O6S. The fraction of sp³-hybridized carbons (Fsp3) is 0.0588. The third kappa shape index (κ3) is 3.53. The van der Waals surface area contributed by atoms with E-state index in [2.05, 4.69) is 20.3 Å². The van der Waals surface area contributed by atoms with Gasteiger partial charge < -0.3 is 4.74 Å². The van der Waals surface area contributed by atoms with Crippen molar-refractivity contribution in [3.63, 3.8) is 0 Å². The second-order valence-corrected chi connectivity index (χ2v) is 7.87. The van der Waals surface area contributed by atoms with Crippen LogP contribution in [-0.2, 0) is 10.0 Å². The van der Waals surface area contributed by atoms with Crippen LogP contribution in [0.5, 0.6) is 5.75 Å². The summed E-state index contributed by atoms with van der Waals surface area (Å²) in [4.78, 5) is 22.2. The lowest BCUT2D eigenvalue weighted by Gasteiger charge is -2.14. The number of carbonyl (C=O) groups excluding carboxylic acids is 1. The molecule has 0 saturated carbocycles. The van der Waals surface area contributed by atoms with Gasteiger partial charge in [-0.2, -0.15) is 12.8 Å². The van der Waals surface area contributed by atoms with Crippen LogP contribution in [0.2, 0.25) is 0 Å². The fourth-order valence-electron chi connectivity index (χ4n) is 2.53. The van der Waals surface area contributed by atoms with E-state index in [0.29, 0.717) is 11.1 Å². The van der Waals surface area contributed by atoms with Crippen LogP contribution < -0.4 is 4.74 Å². The normalized spacial score (nSPS) is 15.3. The number of sulfonamides is 1. The predicted molar refractivity (Wildman–Crippen MR) is 101 cm³/mol. The van der Waals surface area contributed by atoms with Gasteiger partial charge in [0.15, 0.2) is 5.75 Å². The minimum Gasteiger partial charge on any atom is -0.490 e. The number of allylic oxidation sites excluding steroid dienone is 2. The zero-order chi connectivity index (χ0) is 19.8. The maximum atomic E-state index is 12.7. The molecule has 138 valence electrons. The summed E-state index contributed by atoms with van der Waals surface area (Å²) in [5.41, 5.74) is 0.226. The van der Waals surface area contributed by atoms with Crippen LogP contribution in [0.25, 0.3) is 0 Å². The number of rotatable bonds is 4. The van der Waals surface area contributed by atoms with Crippen LogP contribution in [0.3, 0.4) is 0 Å². The van der Waals surface area contributed by atoms with Gasteiger partial charge in [0.25, 0.3) is 10.0 Å². The molecule has 0 atom stereocenters. The largest absolute Gasteiger partial charge is 0.490 e. The second kappa shape index (κ2) is 7.05. The zero-order valence-electron chi connectivity index (χ0n) is 13.7. The highest BCUT2D eigenvalue weighted by molar-refractivity contribution is 9.12. The summed E-state index contributed by atoms with van der Waals surface area (Å²) < 4.78 is 34.2. The first kappa shape index (κ1) is 18.9. The Morgan fingerprint density at radius 3 is 2.44 bits per heavy atom. The number of nitrogens with zero attached hydrogens (tertiary/aromatic N) is 2. The van der Waals surface area contributed by atoms with E-state index >= 15 is 0 Å². The number of methoxy groups -OCH3 is 1. The van der Waals surface area contributed by atoms with Gasteiger partial charge in [-0.1, -0.05) is 24.3 Å². The Morgan fingerprint density at radius 2 is 1.81 bits per heavy atom. The lowest BCUT2D eigenvalue weighted by molar-refractivity contribution is -0.386. The number of Topliss-reactive ketones (excluding diaryl/α,β-unsaturated/α-hetero) is 1. The van der Waals surface area contributed by atoms with Crippen molar-refractivity contribution in [3.8, 4) is 5.75 Å². The van der Waals surface area contributed by atoms with Crippen LogP contribution in [0, 0.1) is 10.1 Å². The van der Waals surface area contributed by atoms with Crippen LogP contribution in [-0.4, -0.2) is 31.9 Å². The van der Waals surface area contributed by atoms with Crippen LogP contribution >= 0.6 is 15.9 Å². The molecule has 2 aromatic rings. The molecule has 0 N–H and O–H groups in total. The monoisotopic (exact) mass is 450 g/mol. The van der Waals surface area contributed by atoms with Gasteiger partial charge in [0.2, 0.25) is 5.78 Å². The van der Waals surface area contributed by atoms with E-state index in [1.807, 2.05) is 0 Å². The van der Waals surface area contributed by atoms with Crippen molar-refractivity contribution < 1.29 is 22.9 Å². The second-order valence-electron chi connectivity index (χ2n) is 5.41. The third-order valence-corrected chi connectivity index (χ3v) is 5.67. The van der Waals surface area contributed by atoms with E-state index in [4.69, 9.17) is 4.74 Å². The zero-order valence-corrected chi connectivity index (χ0v) is 16.2. The highest BCUT2D eigenvalue weighted by Gasteiger charge is 2.26. The number of ether oxygens (including phenoxy) is 1. The molecule has 0 bridgehead atoms. The highest BCUT2D eigenvalue weighted by atomic mass is 79.9. The average Bonchev–Trinajstić information content (AvgIpc) is 2.65. The quantitative estimate of drug-likeness (QED) is 0.521. The van der Waals surface area contributed by atoms with Gasteiger partial charge in [-0.05, 0) is 34.1 Å². The van der Waals surface area contributed by atoms with Gasteiger partial charge >= 0.3 is 5.69 Å². The Kier molecular flexibility index (Phi) is 4.94. The molecule has 0 aliphatic heterocycles. The average molecular weight is 451 g/mol. The molecule has 0 spiro atoms. The Hall–Kier alpha value is -2.85. The summed E-state index contributed by atoms with van der Waals surface area (Å²) in [6.07, 6.45) is 1.31. The molecule has 27 heavy (non-hydrogen) atoms. The van der Waals surface area contributed by atoms with Crippen molar-refractivity contribution in [2.24, 2.45) is 4.40 Å². The maximum Gasteiger partial charge on any atom is 0.312 e. The fourth-order valence-corrected chi connectivity index (χ4v) is 3.97. The Morgan fingerprint density at radius 1 is 1.15 bits per heavy atom. The molecule has 1 aliphatic rings. The molecule has 2 aromatic carbocycles. The molecule has 0 unspecified atom stereocenters. The number of hydrogen-bond acceptors (Lipinski definition) is 6. The Labute approximate surface area is 162 Å². The van der Waals surface area contributed by atoms with Gasteiger partial charge in [-0.25, -0.2) is 0 Å². The van der Waals surface area contributed by atoms with Crippen LogP contribution in [0.1, 0.15) is 15.9 Å². The summed E-state index contributed by atoms with van der Waals surface area (Å²) in [6, 6.07) is 9.69. The number of nitro groups is 1. The predicted octanol–water partition coefficient (Wildman–Crippen LogP) is 3.26. The number of fused-ring (bicyclic) bond motifs is 1. The van der Waals surface area contributed by atoms with Gasteiger partial charge in [-0.15, -0.1) is 0 Å². The molecule has 0 heterocycles. The van der Waals surface area contributed by atoms with Crippen LogP contribution in [0.15, 0.2) is 62.3 Å². The first-order valence-corrected chi connectivity index (χ1v) is 9.66. The van der Waals surface area contributed by atoms with Gasteiger partial charge in [0.1, 0.15) is 0 Å². The number of nitro benzene ring substituents is 1. The first-order chi connectivity index (χ1) is 12.7. The minimum atomic E-state index is -4.27. The number of ketones is 1. The standard InChI is InChI=1S/C17H11BrN2O6S/c1-26-16-7-6-10(8-15(16)20(22)23)27(24,25)19-14-9-13(18)17(21)12-5-3-2-4-11(12)14/h2-9H,1H3/b19-14-. The summed E-state index contributed by atoms with van der Waals surface area (Å²) in [5, 5.41) is 11.1. The smallest absolute Gasteiger partial charge is 0.312 e. The summed E-state index contributed by atoms with van der Waals surface area (Å²) in [5.74, 6) is -0.357. The molecule has 3 rings (SSSR count). The molecule has 0 radical (unpaired) electrons. The van der Waals surface area contributed by atoms with E-state index in [-0.39, 0.29) is 26.6 Å². The van der Waals surface area contributed by atoms with Crippen molar-refractivity contribution in [1.82, 2.24) is 0 Å². The van der Waals surface area contributed by atoms with Crippen molar-refractivity contribution in [1.29, 1.82) is 0 Å². The van der Waals surface area contributed by atoms with Crippen molar-refractivity contribution >= 4 is 43.1 Å². The van der Waals surface area contributed by atoms with E-state index in [9.17, 15) is 23.3 Å². The first-order valence-electron chi connectivity index (χ1n) is 7.43. The molecule has 10 heteroatoms. The number of carbonyl (C=O) groups is 1. The molecule has 0 saturated heterocycles. The molecule has 0 aromatic heterocycles. The SMILES string of the molecule is COc1ccc(S(=O)(=O)/N=C2/C=C(Br)C(=O)c3ccccc32)cc1[N+](=O)[O-]. The van der Waals surface area contributed by atoms with E-state index < -0.39 is 20.6 Å². The molecular weight excluding hydrogens is 440 g/mol. The molecule has 1 aliphatic carbocycles. The Balaban J connectivity index is 2.15. The molecule has 8 nitrogen and oxygen atoms in total. The number of benzene rings is 2. The molecule has 0 amide bonds. The summed E-state index contributed by atoms with van der Waals surface area (Å²) in [6.45, 7) is 0. The van der Waals surface area contributed by atoms with Gasteiger partial charge in [0, 0.05) is 17.2 Å². The highest BCUT2D eigenvalue weighted by Crippen LogP contribution is 2.31. The van der Waals surface area contributed by atoms with Crippen LogP contribution in [0.4, 0.5) is 5.69 Å². The maximum absolute atomic E-state index is 12.7. The van der Waals surface area contributed by atoms with E-state index in [1.165, 1.54) is 25.3 Å². The summed E-state index contributed by atoms with van der Waals surface area (Å²) >= 11 is 3.11. The Bertz CT molecular complexity index is 1140. The van der Waals surface area contributed by atoms with Gasteiger partial charge in [0.05, 0.1) is 27.1 Å². The third-order valence-electron chi connectivity index (χ3n) is 3.79.